The van der Waals surface area contributed by atoms with E-state index in [4.69, 9.17) is 21.7 Å². The first-order valence-electron chi connectivity index (χ1n) is 10.2. The highest BCUT2D eigenvalue weighted by molar-refractivity contribution is 5.94. The minimum absolute atomic E-state index is 0.273. The molecule has 1 aliphatic heterocycles. The van der Waals surface area contributed by atoms with Gasteiger partial charge in [0.1, 0.15) is 18.1 Å². The van der Waals surface area contributed by atoms with E-state index >= 15 is 0 Å². The van der Waals surface area contributed by atoms with Gasteiger partial charge in [-0.2, -0.15) is 0 Å². The summed E-state index contributed by atoms with van der Waals surface area (Å²) in [6.07, 6.45) is 2.59. The number of carboxylic acid groups (broad SMARTS) is 1. The Morgan fingerprint density at radius 1 is 1.03 bits per heavy atom. The molecule has 4 amide bonds. The van der Waals surface area contributed by atoms with Gasteiger partial charge in [-0.15, -0.1) is 0 Å². The summed E-state index contributed by atoms with van der Waals surface area (Å²) in [5.41, 5.74) is 10.8. The third kappa shape index (κ3) is 8.47. The first-order valence-corrected chi connectivity index (χ1v) is 10.2. The van der Waals surface area contributed by atoms with Crippen LogP contribution in [0.2, 0.25) is 0 Å². The maximum Gasteiger partial charge on any atom is 0.328 e. The quantitative estimate of drug-likeness (QED) is 0.138. The summed E-state index contributed by atoms with van der Waals surface area (Å²) in [5.74, 6) is -3.66. The van der Waals surface area contributed by atoms with Crippen molar-refractivity contribution in [3.05, 3.63) is 0 Å². The molecule has 0 radical (unpaired) electrons. The third-order valence-corrected chi connectivity index (χ3v) is 4.84. The van der Waals surface area contributed by atoms with Crippen molar-refractivity contribution in [2.24, 2.45) is 11.5 Å². The lowest BCUT2D eigenvalue weighted by Gasteiger charge is -2.28. The number of likely N-dealkylation sites (tertiary alicyclic amines) is 1. The Morgan fingerprint density at radius 2 is 1.71 bits per heavy atom. The predicted octanol–water partition coefficient (Wildman–Crippen LogP) is -3.77. The zero-order valence-electron chi connectivity index (χ0n) is 17.3. The van der Waals surface area contributed by atoms with Gasteiger partial charge in [0.25, 0.3) is 0 Å². The Balaban J connectivity index is 2.71. The van der Waals surface area contributed by atoms with Crippen molar-refractivity contribution in [2.45, 2.75) is 50.2 Å². The monoisotopic (exact) mass is 444 g/mol. The first-order chi connectivity index (χ1) is 14.7. The largest absolute Gasteiger partial charge is 0.480 e. The van der Waals surface area contributed by atoms with Crippen LogP contribution in [0.5, 0.6) is 0 Å². The number of carboxylic acids is 1. The molecule has 0 spiro atoms. The fourth-order valence-electron chi connectivity index (χ4n) is 3.22. The van der Waals surface area contributed by atoms with Gasteiger partial charge >= 0.3 is 5.97 Å². The van der Waals surface area contributed by atoms with Crippen molar-refractivity contribution in [2.75, 3.05) is 32.8 Å². The van der Waals surface area contributed by atoms with Crippen LogP contribution < -0.4 is 27.4 Å². The number of unbranched alkanes of at least 4 members (excludes halogenated alkanes) is 1. The summed E-state index contributed by atoms with van der Waals surface area (Å²) in [6.45, 7) is -0.808. The van der Waals surface area contributed by atoms with Crippen LogP contribution in [0.3, 0.4) is 0 Å². The second-order valence-corrected chi connectivity index (χ2v) is 7.16. The van der Waals surface area contributed by atoms with E-state index < -0.39 is 60.9 Å². The average molecular weight is 444 g/mol. The molecule has 31 heavy (non-hydrogen) atoms. The fourth-order valence-corrected chi connectivity index (χ4v) is 3.22. The predicted molar refractivity (Wildman–Crippen MR) is 108 cm³/mol. The molecule has 0 aromatic heterocycles. The Bertz CT molecular complexity index is 659. The number of nitrogens with two attached hydrogens (primary N) is 2. The summed E-state index contributed by atoms with van der Waals surface area (Å²) in [4.78, 5) is 61.3. The molecular weight excluding hydrogens is 412 g/mol. The van der Waals surface area contributed by atoms with Gasteiger partial charge in [0.05, 0.1) is 19.7 Å². The maximum absolute atomic E-state index is 13.0. The summed E-state index contributed by atoms with van der Waals surface area (Å²) < 4.78 is 0. The smallest absolute Gasteiger partial charge is 0.328 e. The maximum atomic E-state index is 13.0. The SMILES string of the molecule is NCCCC[C@H](NC(=O)CN)C(=O)N1CCC[C@H]1C(=O)NCC(=O)N[C@@H](CO)C(=O)O. The van der Waals surface area contributed by atoms with Gasteiger partial charge in [0.15, 0.2) is 0 Å². The second-order valence-electron chi connectivity index (χ2n) is 7.16. The zero-order valence-corrected chi connectivity index (χ0v) is 17.3. The number of aliphatic carboxylic acids is 1. The molecular formula is C18H32N6O7. The molecule has 1 aliphatic rings. The number of rotatable bonds is 13. The van der Waals surface area contributed by atoms with E-state index in [9.17, 15) is 24.0 Å². The molecule has 176 valence electrons. The van der Waals surface area contributed by atoms with E-state index in [1.54, 1.807) is 0 Å². The van der Waals surface area contributed by atoms with Crippen molar-refractivity contribution >= 4 is 29.6 Å². The number of hydrogen-bond donors (Lipinski definition) is 7. The molecule has 3 atom stereocenters. The number of amides is 4. The molecule has 13 nitrogen and oxygen atoms in total. The Kier molecular flexibility index (Phi) is 11.5. The first kappa shape index (κ1) is 26.3. The van der Waals surface area contributed by atoms with E-state index in [1.807, 2.05) is 0 Å². The highest BCUT2D eigenvalue weighted by atomic mass is 16.4. The Labute approximate surface area is 179 Å². The van der Waals surface area contributed by atoms with Gasteiger partial charge in [-0.05, 0) is 38.6 Å². The average Bonchev–Trinajstić information content (AvgIpc) is 3.24. The van der Waals surface area contributed by atoms with Crippen LogP contribution in [0.4, 0.5) is 0 Å². The number of nitrogens with zero attached hydrogens (tertiary/aromatic N) is 1. The summed E-state index contributed by atoms with van der Waals surface area (Å²) >= 11 is 0. The molecule has 0 aromatic carbocycles. The highest BCUT2D eigenvalue weighted by Gasteiger charge is 2.37. The van der Waals surface area contributed by atoms with E-state index in [1.165, 1.54) is 4.90 Å². The molecule has 1 heterocycles. The Hall–Kier alpha value is -2.77. The Morgan fingerprint density at radius 3 is 2.29 bits per heavy atom. The molecule has 1 fully saturated rings. The van der Waals surface area contributed by atoms with Crippen molar-refractivity contribution in [1.82, 2.24) is 20.9 Å². The van der Waals surface area contributed by atoms with E-state index in [0.717, 1.165) is 0 Å². The van der Waals surface area contributed by atoms with Crippen LogP contribution in [0.1, 0.15) is 32.1 Å². The molecule has 9 N–H and O–H groups in total. The number of aliphatic hydroxyl groups excluding tert-OH is 1. The van der Waals surface area contributed by atoms with Gasteiger partial charge < -0.3 is 42.5 Å². The molecule has 13 heteroatoms. The van der Waals surface area contributed by atoms with Gasteiger partial charge in [0.2, 0.25) is 23.6 Å². The minimum atomic E-state index is -1.48. The molecule has 0 bridgehead atoms. The lowest BCUT2D eigenvalue weighted by atomic mass is 10.1. The topological polar surface area (TPSA) is 217 Å². The summed E-state index contributed by atoms with van der Waals surface area (Å²) in [7, 11) is 0. The van der Waals surface area contributed by atoms with Crippen molar-refractivity contribution in [3.63, 3.8) is 0 Å². The van der Waals surface area contributed by atoms with Gasteiger partial charge in [-0.1, -0.05) is 0 Å². The lowest BCUT2D eigenvalue weighted by Crippen LogP contribution is -2.55. The summed E-state index contributed by atoms with van der Waals surface area (Å²) in [6, 6.07) is -3.13. The van der Waals surface area contributed by atoms with Gasteiger partial charge in [0, 0.05) is 6.54 Å². The van der Waals surface area contributed by atoms with Crippen LogP contribution in [0.15, 0.2) is 0 Å². The van der Waals surface area contributed by atoms with Gasteiger partial charge in [-0.25, -0.2) is 4.79 Å². The van der Waals surface area contributed by atoms with Gasteiger partial charge in [-0.3, -0.25) is 19.2 Å². The standard InChI is InChI=1S/C18H32N6O7/c19-6-2-1-4-11(22-14(26)8-20)17(29)24-7-3-5-13(24)16(28)21-9-15(27)23-12(10-25)18(30)31/h11-13,25H,1-10,19-20H2,(H,21,28)(H,22,26)(H,23,27)(H,30,31)/t11-,12-,13-/m0/s1. The van der Waals surface area contributed by atoms with Crippen LogP contribution in [-0.4, -0.2) is 95.6 Å². The number of carbonyl (C=O) groups is 5. The molecule has 0 aromatic rings. The summed E-state index contributed by atoms with van der Waals surface area (Å²) in [5, 5.41) is 24.8. The van der Waals surface area contributed by atoms with Crippen LogP contribution in [0.25, 0.3) is 0 Å². The van der Waals surface area contributed by atoms with Crippen molar-refractivity contribution in [3.8, 4) is 0 Å². The molecule has 1 rings (SSSR count). The van der Waals surface area contributed by atoms with E-state index in [-0.39, 0.29) is 6.54 Å². The number of aliphatic hydroxyl groups is 1. The fraction of sp³-hybridized carbons (Fsp3) is 0.722. The lowest BCUT2D eigenvalue weighted by molar-refractivity contribution is -0.143. The zero-order chi connectivity index (χ0) is 23.4. The van der Waals surface area contributed by atoms with Crippen LogP contribution in [0, 0.1) is 0 Å². The van der Waals surface area contributed by atoms with Crippen molar-refractivity contribution in [1.29, 1.82) is 0 Å². The highest BCUT2D eigenvalue weighted by Crippen LogP contribution is 2.20. The number of hydrogen-bond acceptors (Lipinski definition) is 8. The number of carbonyl (C=O) groups excluding carboxylic acids is 4. The number of nitrogens with one attached hydrogen (secondary N) is 3. The van der Waals surface area contributed by atoms with E-state index in [2.05, 4.69) is 16.0 Å². The molecule has 1 saturated heterocycles. The molecule has 0 saturated carbocycles. The second kappa shape index (κ2) is 13.5. The van der Waals surface area contributed by atoms with Crippen molar-refractivity contribution < 1.29 is 34.2 Å². The van der Waals surface area contributed by atoms with E-state index in [0.29, 0.717) is 45.2 Å². The van der Waals surface area contributed by atoms with Crippen LogP contribution in [-0.2, 0) is 24.0 Å². The minimum Gasteiger partial charge on any atom is -0.480 e. The van der Waals surface area contributed by atoms with Crippen LogP contribution >= 0.6 is 0 Å². The molecule has 0 unspecified atom stereocenters. The normalized spacial score (nSPS) is 17.5. The molecule has 0 aliphatic carbocycles. The third-order valence-electron chi connectivity index (χ3n) is 4.84.